The summed E-state index contributed by atoms with van der Waals surface area (Å²) in [7, 11) is 1.55. The third-order valence-corrected chi connectivity index (χ3v) is 4.61. The van der Waals surface area contributed by atoms with Gasteiger partial charge in [-0.2, -0.15) is 0 Å². The summed E-state index contributed by atoms with van der Waals surface area (Å²) in [6.45, 7) is 1.99. The van der Waals surface area contributed by atoms with E-state index in [0.717, 1.165) is 4.47 Å². The third kappa shape index (κ3) is 4.03. The number of hydrogen-bond acceptors (Lipinski definition) is 4. The molecule has 0 radical (unpaired) electrons. The van der Waals surface area contributed by atoms with Crippen LogP contribution in [0.15, 0.2) is 45.8 Å². The van der Waals surface area contributed by atoms with Crippen LogP contribution < -0.4 is 10.9 Å². The van der Waals surface area contributed by atoms with Crippen molar-refractivity contribution in [2.75, 3.05) is 31.6 Å². The van der Waals surface area contributed by atoms with Crippen LogP contribution in [0.5, 0.6) is 0 Å². The summed E-state index contributed by atoms with van der Waals surface area (Å²) in [6.07, 6.45) is 1.48. The molecule has 1 aliphatic rings. The Balaban J connectivity index is 1.86. The number of aromatic nitrogens is 1. The van der Waals surface area contributed by atoms with E-state index in [4.69, 9.17) is 4.74 Å². The predicted octanol–water partition coefficient (Wildman–Crippen LogP) is 1.87. The van der Waals surface area contributed by atoms with E-state index in [-0.39, 0.29) is 17.2 Å². The second kappa shape index (κ2) is 7.84. The molecule has 2 aromatic rings. The van der Waals surface area contributed by atoms with E-state index >= 15 is 0 Å². The Kier molecular flexibility index (Phi) is 5.53. The number of halogens is 1. The van der Waals surface area contributed by atoms with Gasteiger partial charge in [-0.3, -0.25) is 14.4 Å². The molecule has 7 nitrogen and oxygen atoms in total. The van der Waals surface area contributed by atoms with Crippen molar-refractivity contribution in [3.05, 3.63) is 62.5 Å². The number of hydrogen-bond donors (Lipinski definition) is 1. The minimum Gasteiger partial charge on any atom is -0.378 e. The van der Waals surface area contributed by atoms with Gasteiger partial charge in [-0.25, -0.2) is 0 Å². The Morgan fingerprint density at radius 1 is 1.12 bits per heavy atom. The topological polar surface area (TPSA) is 80.6 Å². The first kappa shape index (κ1) is 18.3. The molecule has 2 heterocycles. The summed E-state index contributed by atoms with van der Waals surface area (Å²) in [5.41, 5.74) is 0.453. The van der Waals surface area contributed by atoms with Crippen LogP contribution in [0.3, 0.4) is 0 Å². The first-order valence-electron chi connectivity index (χ1n) is 8.10. The Labute approximate surface area is 158 Å². The van der Waals surface area contributed by atoms with Crippen LogP contribution in [-0.4, -0.2) is 47.6 Å². The maximum atomic E-state index is 12.6. The van der Waals surface area contributed by atoms with Gasteiger partial charge in [-0.1, -0.05) is 15.9 Å². The number of nitrogens with one attached hydrogen (secondary N) is 1. The van der Waals surface area contributed by atoms with Gasteiger partial charge in [0, 0.05) is 36.4 Å². The highest BCUT2D eigenvalue weighted by Gasteiger charge is 2.21. The predicted molar refractivity (Wildman–Crippen MR) is 101 cm³/mol. The summed E-state index contributed by atoms with van der Waals surface area (Å²) in [4.78, 5) is 39.0. The number of benzene rings is 1. The van der Waals surface area contributed by atoms with Crippen LogP contribution in [0.2, 0.25) is 0 Å². The monoisotopic (exact) mass is 419 g/mol. The van der Waals surface area contributed by atoms with Gasteiger partial charge in [0.25, 0.3) is 17.4 Å². The van der Waals surface area contributed by atoms with Gasteiger partial charge < -0.3 is 19.5 Å². The minimum atomic E-state index is -0.412. The lowest BCUT2D eigenvalue weighted by molar-refractivity contribution is 0.0302. The fourth-order valence-corrected chi connectivity index (χ4v) is 2.93. The lowest BCUT2D eigenvalue weighted by atomic mass is 10.2. The smallest absolute Gasteiger partial charge is 0.274 e. The highest BCUT2D eigenvalue weighted by molar-refractivity contribution is 9.10. The van der Waals surface area contributed by atoms with Crippen LogP contribution in [-0.2, 0) is 11.8 Å². The average molecular weight is 420 g/mol. The van der Waals surface area contributed by atoms with Crippen molar-refractivity contribution in [3.63, 3.8) is 0 Å². The van der Waals surface area contributed by atoms with E-state index in [9.17, 15) is 14.4 Å². The Hall–Kier alpha value is -2.45. The molecular formula is C18H18BrN3O4. The van der Waals surface area contributed by atoms with E-state index in [1.54, 1.807) is 36.2 Å². The Morgan fingerprint density at radius 3 is 2.42 bits per heavy atom. The number of carbonyl (C=O) groups is 2. The number of amides is 2. The molecule has 26 heavy (non-hydrogen) atoms. The molecule has 0 atom stereocenters. The van der Waals surface area contributed by atoms with Crippen LogP contribution in [0.25, 0.3) is 0 Å². The summed E-state index contributed by atoms with van der Waals surface area (Å²) < 4.78 is 7.40. The molecule has 0 bridgehead atoms. The normalized spacial score (nSPS) is 14.2. The van der Waals surface area contributed by atoms with E-state index in [2.05, 4.69) is 21.2 Å². The van der Waals surface area contributed by atoms with Crippen LogP contribution in [0, 0.1) is 0 Å². The zero-order valence-electron chi connectivity index (χ0n) is 14.2. The molecule has 8 heteroatoms. The van der Waals surface area contributed by atoms with Crippen LogP contribution in [0.1, 0.15) is 20.7 Å². The lowest BCUT2D eigenvalue weighted by Gasteiger charge is -2.27. The van der Waals surface area contributed by atoms with Crippen molar-refractivity contribution < 1.29 is 14.3 Å². The molecule has 136 valence electrons. The average Bonchev–Trinajstić information content (AvgIpc) is 2.65. The highest BCUT2D eigenvalue weighted by atomic mass is 79.9. The standard InChI is InChI=1S/C18H18BrN3O4/c1-21-11-13(17(24)22-6-8-26-9-7-22)10-15(18(21)25)20-16(23)12-2-4-14(19)5-3-12/h2-5,10-11H,6-9H2,1H3,(H,20,23). The van der Waals surface area contributed by atoms with Gasteiger partial charge in [0.05, 0.1) is 18.8 Å². The number of carbonyl (C=O) groups excluding carboxylic acids is 2. The lowest BCUT2D eigenvalue weighted by Crippen LogP contribution is -2.41. The van der Waals surface area contributed by atoms with E-state index in [1.807, 2.05) is 0 Å². The maximum absolute atomic E-state index is 12.6. The van der Waals surface area contributed by atoms with E-state index in [0.29, 0.717) is 37.4 Å². The van der Waals surface area contributed by atoms with Crippen molar-refractivity contribution in [1.82, 2.24) is 9.47 Å². The summed E-state index contributed by atoms with van der Waals surface area (Å²) in [6, 6.07) is 8.20. The van der Waals surface area contributed by atoms with Gasteiger partial charge in [0.1, 0.15) is 5.69 Å². The summed E-state index contributed by atoms with van der Waals surface area (Å²) >= 11 is 3.31. The zero-order chi connectivity index (χ0) is 18.7. The molecule has 1 N–H and O–H groups in total. The molecule has 1 saturated heterocycles. The summed E-state index contributed by atoms with van der Waals surface area (Å²) in [5.74, 6) is -0.603. The van der Waals surface area contributed by atoms with Gasteiger partial charge in [-0.15, -0.1) is 0 Å². The minimum absolute atomic E-state index is 0.0690. The van der Waals surface area contributed by atoms with Crippen molar-refractivity contribution in [2.24, 2.45) is 7.05 Å². The Morgan fingerprint density at radius 2 is 1.77 bits per heavy atom. The SMILES string of the molecule is Cn1cc(C(=O)N2CCOCC2)cc(NC(=O)c2ccc(Br)cc2)c1=O. The second-order valence-corrected chi connectivity index (χ2v) is 6.84. The molecule has 0 spiro atoms. The molecular weight excluding hydrogens is 402 g/mol. The van der Waals surface area contributed by atoms with Crippen molar-refractivity contribution in [1.29, 1.82) is 0 Å². The largest absolute Gasteiger partial charge is 0.378 e. The number of morpholine rings is 1. The summed E-state index contributed by atoms with van der Waals surface area (Å²) in [5, 5.41) is 2.60. The Bertz CT molecular complexity index is 886. The van der Waals surface area contributed by atoms with E-state index < -0.39 is 5.91 Å². The maximum Gasteiger partial charge on any atom is 0.274 e. The van der Waals surface area contributed by atoms with Crippen molar-refractivity contribution in [3.8, 4) is 0 Å². The fraction of sp³-hybridized carbons (Fsp3) is 0.278. The first-order valence-corrected chi connectivity index (χ1v) is 8.89. The second-order valence-electron chi connectivity index (χ2n) is 5.92. The molecule has 1 aromatic heterocycles. The number of rotatable bonds is 3. The molecule has 2 amide bonds. The fourth-order valence-electron chi connectivity index (χ4n) is 2.66. The number of aryl methyl sites for hydroxylation is 1. The molecule has 1 aromatic carbocycles. The third-order valence-electron chi connectivity index (χ3n) is 4.08. The van der Waals surface area contributed by atoms with Crippen molar-refractivity contribution in [2.45, 2.75) is 0 Å². The van der Waals surface area contributed by atoms with Gasteiger partial charge in [0.15, 0.2) is 0 Å². The molecule has 0 aliphatic carbocycles. The van der Waals surface area contributed by atoms with Gasteiger partial charge >= 0.3 is 0 Å². The quantitative estimate of drug-likeness (QED) is 0.823. The van der Waals surface area contributed by atoms with Crippen molar-refractivity contribution >= 4 is 33.4 Å². The van der Waals surface area contributed by atoms with Crippen LogP contribution in [0.4, 0.5) is 5.69 Å². The highest BCUT2D eigenvalue weighted by Crippen LogP contribution is 2.14. The van der Waals surface area contributed by atoms with Crippen LogP contribution >= 0.6 is 15.9 Å². The van der Waals surface area contributed by atoms with Gasteiger partial charge in [-0.05, 0) is 30.3 Å². The molecule has 1 aliphatic heterocycles. The first-order chi connectivity index (χ1) is 12.5. The zero-order valence-corrected chi connectivity index (χ0v) is 15.8. The number of nitrogens with zero attached hydrogens (tertiary/aromatic N) is 2. The molecule has 3 rings (SSSR count). The molecule has 0 unspecified atom stereocenters. The molecule has 0 saturated carbocycles. The number of pyridine rings is 1. The van der Waals surface area contributed by atoms with E-state index in [1.165, 1.54) is 16.8 Å². The number of anilines is 1. The van der Waals surface area contributed by atoms with Gasteiger partial charge in [0.2, 0.25) is 0 Å². The number of ether oxygens (including phenoxy) is 1. The molecule has 1 fully saturated rings.